The van der Waals surface area contributed by atoms with Crippen LogP contribution in [0.1, 0.15) is 19.7 Å². The van der Waals surface area contributed by atoms with Gasteiger partial charge in [-0.05, 0) is 25.2 Å². The van der Waals surface area contributed by atoms with Crippen molar-refractivity contribution in [1.82, 2.24) is 20.0 Å². The maximum absolute atomic E-state index is 5.63. The van der Waals surface area contributed by atoms with E-state index in [9.17, 15) is 0 Å². The molecule has 0 saturated carbocycles. The van der Waals surface area contributed by atoms with E-state index in [4.69, 9.17) is 10.3 Å². The molecule has 2 rings (SSSR count). The lowest BCUT2D eigenvalue weighted by molar-refractivity contribution is 0.303. The number of aromatic nitrogens is 3. The minimum absolute atomic E-state index is 0.445. The normalized spacial score (nSPS) is 11.1. The smallest absolute Gasteiger partial charge is 0.258 e. The first-order valence-electron chi connectivity index (χ1n) is 6.49. The second-order valence-electron chi connectivity index (χ2n) is 4.26. The molecule has 0 radical (unpaired) electrons. The Balaban J connectivity index is 2.03. The van der Waals surface area contributed by atoms with Crippen molar-refractivity contribution in [3.05, 3.63) is 24.2 Å². The minimum atomic E-state index is 0.445. The third-order valence-electron chi connectivity index (χ3n) is 3.04. The predicted molar refractivity (Wildman–Crippen MR) is 73.4 cm³/mol. The van der Waals surface area contributed by atoms with Crippen LogP contribution in [0.3, 0.4) is 0 Å². The Morgan fingerprint density at radius 2 is 2.11 bits per heavy atom. The number of rotatable bonds is 6. The molecule has 19 heavy (non-hydrogen) atoms. The largest absolute Gasteiger partial charge is 0.384 e. The van der Waals surface area contributed by atoms with Gasteiger partial charge in [0.15, 0.2) is 5.82 Å². The number of hydrogen-bond acceptors (Lipinski definition) is 6. The van der Waals surface area contributed by atoms with Crippen LogP contribution < -0.4 is 5.73 Å². The van der Waals surface area contributed by atoms with E-state index in [0.717, 1.165) is 37.4 Å². The van der Waals surface area contributed by atoms with Crippen LogP contribution in [-0.4, -0.2) is 39.7 Å². The number of hydrogen-bond donors (Lipinski definition) is 1. The molecule has 0 unspecified atom stereocenters. The van der Waals surface area contributed by atoms with Gasteiger partial charge in [-0.2, -0.15) is 4.98 Å². The van der Waals surface area contributed by atoms with Crippen molar-refractivity contribution in [2.75, 3.05) is 25.4 Å². The first-order chi connectivity index (χ1) is 9.22. The van der Waals surface area contributed by atoms with Crippen LogP contribution in [0.4, 0.5) is 5.82 Å². The molecule has 0 fully saturated rings. The quantitative estimate of drug-likeness (QED) is 0.850. The molecule has 0 saturated heterocycles. The second kappa shape index (κ2) is 6.29. The van der Waals surface area contributed by atoms with E-state index >= 15 is 0 Å². The number of anilines is 1. The van der Waals surface area contributed by atoms with Gasteiger partial charge in [0.25, 0.3) is 5.89 Å². The predicted octanol–water partition coefficient (Wildman–Crippen LogP) is 1.60. The average Bonchev–Trinajstić information content (AvgIpc) is 2.89. The standard InChI is InChI=1S/C13H19N5O/c1-3-18(4-2)8-6-12-16-13(19-17-12)10-5-7-15-11(14)9-10/h5,7,9H,3-4,6,8H2,1-2H3,(H2,14,15). The summed E-state index contributed by atoms with van der Waals surface area (Å²) in [4.78, 5) is 10.6. The summed E-state index contributed by atoms with van der Waals surface area (Å²) in [5.41, 5.74) is 6.43. The van der Waals surface area contributed by atoms with Gasteiger partial charge < -0.3 is 15.2 Å². The molecular formula is C13H19N5O. The Hall–Kier alpha value is -1.95. The van der Waals surface area contributed by atoms with Crippen molar-refractivity contribution in [1.29, 1.82) is 0 Å². The minimum Gasteiger partial charge on any atom is -0.384 e. The molecule has 0 aliphatic heterocycles. The second-order valence-corrected chi connectivity index (χ2v) is 4.26. The number of nitrogens with two attached hydrogens (primary N) is 1. The molecule has 0 aliphatic rings. The zero-order valence-corrected chi connectivity index (χ0v) is 11.3. The zero-order chi connectivity index (χ0) is 13.7. The van der Waals surface area contributed by atoms with Gasteiger partial charge in [-0.1, -0.05) is 19.0 Å². The fourth-order valence-corrected chi connectivity index (χ4v) is 1.85. The SMILES string of the molecule is CCN(CC)CCc1noc(-c2ccnc(N)c2)n1. The van der Waals surface area contributed by atoms with E-state index in [1.165, 1.54) is 0 Å². The fraction of sp³-hybridized carbons (Fsp3) is 0.462. The summed E-state index contributed by atoms with van der Waals surface area (Å²) >= 11 is 0. The highest BCUT2D eigenvalue weighted by atomic mass is 16.5. The molecule has 102 valence electrons. The van der Waals surface area contributed by atoms with Gasteiger partial charge >= 0.3 is 0 Å². The summed E-state index contributed by atoms with van der Waals surface area (Å²) in [6.45, 7) is 7.28. The molecule has 0 bridgehead atoms. The van der Waals surface area contributed by atoms with Crippen molar-refractivity contribution in [2.45, 2.75) is 20.3 Å². The van der Waals surface area contributed by atoms with Crippen molar-refractivity contribution < 1.29 is 4.52 Å². The third-order valence-corrected chi connectivity index (χ3v) is 3.04. The number of likely N-dealkylation sites (N-methyl/N-ethyl adjacent to an activating group) is 1. The zero-order valence-electron chi connectivity index (χ0n) is 11.3. The van der Waals surface area contributed by atoms with Gasteiger partial charge in [-0.3, -0.25) is 0 Å². The summed E-state index contributed by atoms with van der Waals surface area (Å²) in [5, 5.41) is 3.99. The molecular weight excluding hydrogens is 242 g/mol. The molecule has 6 heteroatoms. The van der Waals surface area contributed by atoms with Gasteiger partial charge in [0, 0.05) is 24.7 Å². The monoisotopic (exact) mass is 261 g/mol. The Bertz CT molecular complexity index is 521. The van der Waals surface area contributed by atoms with Crippen LogP contribution in [0.15, 0.2) is 22.9 Å². The molecule has 2 N–H and O–H groups in total. The van der Waals surface area contributed by atoms with E-state index in [1.807, 2.05) is 0 Å². The Labute approximate surface area is 112 Å². The number of nitrogen functional groups attached to an aromatic ring is 1. The van der Waals surface area contributed by atoms with Gasteiger partial charge in [0.2, 0.25) is 0 Å². The molecule has 2 aromatic rings. The third kappa shape index (κ3) is 3.51. The van der Waals surface area contributed by atoms with Gasteiger partial charge in [-0.25, -0.2) is 4.98 Å². The Kier molecular flexibility index (Phi) is 4.46. The highest BCUT2D eigenvalue weighted by molar-refractivity contribution is 5.56. The molecule has 6 nitrogen and oxygen atoms in total. The van der Waals surface area contributed by atoms with Crippen LogP contribution in [0.5, 0.6) is 0 Å². The molecule has 2 heterocycles. The van der Waals surface area contributed by atoms with Crippen LogP contribution in [0.25, 0.3) is 11.5 Å². The van der Waals surface area contributed by atoms with Crippen molar-refractivity contribution in [3.63, 3.8) is 0 Å². The van der Waals surface area contributed by atoms with Crippen molar-refractivity contribution in [3.8, 4) is 11.5 Å². The average molecular weight is 261 g/mol. The van der Waals surface area contributed by atoms with Crippen LogP contribution >= 0.6 is 0 Å². The topological polar surface area (TPSA) is 81.1 Å². The van der Waals surface area contributed by atoms with Gasteiger partial charge in [-0.15, -0.1) is 0 Å². The van der Waals surface area contributed by atoms with Gasteiger partial charge in [0.05, 0.1) is 0 Å². The number of pyridine rings is 1. The summed E-state index contributed by atoms with van der Waals surface area (Å²) < 4.78 is 5.24. The number of nitrogens with zero attached hydrogens (tertiary/aromatic N) is 4. The molecule has 0 aromatic carbocycles. The molecule has 2 aromatic heterocycles. The fourth-order valence-electron chi connectivity index (χ4n) is 1.85. The van der Waals surface area contributed by atoms with E-state index in [2.05, 4.69) is 33.9 Å². The Morgan fingerprint density at radius 1 is 1.32 bits per heavy atom. The lowest BCUT2D eigenvalue weighted by Crippen LogP contribution is -2.25. The van der Waals surface area contributed by atoms with Crippen molar-refractivity contribution in [2.24, 2.45) is 0 Å². The maximum Gasteiger partial charge on any atom is 0.258 e. The highest BCUT2D eigenvalue weighted by Crippen LogP contribution is 2.18. The molecule has 0 amide bonds. The Morgan fingerprint density at radius 3 is 2.79 bits per heavy atom. The summed E-state index contributed by atoms with van der Waals surface area (Å²) in [7, 11) is 0. The van der Waals surface area contributed by atoms with Crippen LogP contribution in [0, 0.1) is 0 Å². The van der Waals surface area contributed by atoms with Gasteiger partial charge in [0.1, 0.15) is 5.82 Å². The molecule has 0 spiro atoms. The van der Waals surface area contributed by atoms with E-state index < -0.39 is 0 Å². The van der Waals surface area contributed by atoms with Crippen molar-refractivity contribution >= 4 is 5.82 Å². The lowest BCUT2D eigenvalue weighted by Gasteiger charge is -2.16. The first-order valence-corrected chi connectivity index (χ1v) is 6.49. The highest BCUT2D eigenvalue weighted by Gasteiger charge is 2.10. The van der Waals surface area contributed by atoms with Crippen LogP contribution in [0.2, 0.25) is 0 Å². The summed E-state index contributed by atoms with van der Waals surface area (Å²) in [6, 6.07) is 3.53. The van der Waals surface area contributed by atoms with E-state index in [1.54, 1.807) is 18.3 Å². The lowest BCUT2D eigenvalue weighted by atomic mass is 10.2. The molecule has 0 aliphatic carbocycles. The van der Waals surface area contributed by atoms with E-state index in [-0.39, 0.29) is 0 Å². The van der Waals surface area contributed by atoms with E-state index in [0.29, 0.717) is 11.7 Å². The maximum atomic E-state index is 5.63. The summed E-state index contributed by atoms with van der Waals surface area (Å²) in [6.07, 6.45) is 2.41. The first kappa shape index (κ1) is 13.5. The summed E-state index contributed by atoms with van der Waals surface area (Å²) in [5.74, 6) is 1.65. The molecule has 0 atom stereocenters. The van der Waals surface area contributed by atoms with Crippen LogP contribution in [-0.2, 0) is 6.42 Å².